The Bertz CT molecular complexity index is 355. The Hall–Kier alpha value is -1.69. The Balaban J connectivity index is 2.50. The molecule has 0 atom stereocenters. The molecule has 16 heavy (non-hydrogen) atoms. The largest absolute Gasteiger partial charge is 0.471 e. The second-order valence-electron chi connectivity index (χ2n) is 3.54. The first kappa shape index (κ1) is 12.4. The molecule has 0 aliphatic carbocycles. The number of aromatic nitrogens is 1. The fourth-order valence-electron chi connectivity index (χ4n) is 1.13. The summed E-state index contributed by atoms with van der Waals surface area (Å²) in [6, 6.07) is 3.25. The van der Waals surface area contributed by atoms with Crippen LogP contribution in [0.15, 0.2) is 18.3 Å². The van der Waals surface area contributed by atoms with Crippen LogP contribution in [0.25, 0.3) is 0 Å². The molecule has 1 aromatic rings. The summed E-state index contributed by atoms with van der Waals surface area (Å²) in [4.78, 5) is 14.0. The van der Waals surface area contributed by atoms with Gasteiger partial charge in [-0.1, -0.05) is 13.8 Å². The average molecular weight is 225 g/mol. The van der Waals surface area contributed by atoms with Gasteiger partial charge in [0.1, 0.15) is 6.61 Å². The Labute approximate surface area is 93.8 Å². The van der Waals surface area contributed by atoms with E-state index in [1.807, 2.05) is 13.8 Å². The molecule has 0 aliphatic rings. The molecule has 0 radical (unpaired) electrons. The normalized spacial score (nSPS) is 10.4. The molecule has 0 aromatic carbocycles. The van der Waals surface area contributed by atoms with Crippen molar-refractivity contribution >= 4 is 5.69 Å². The first-order valence-electron chi connectivity index (χ1n) is 5.07. The molecule has 1 N–H and O–H groups in total. The lowest BCUT2D eigenvalue weighted by Gasteiger charge is -2.08. The highest BCUT2D eigenvalue weighted by Gasteiger charge is 2.14. The number of hydrogen-bond acceptors (Lipinski definition) is 5. The second kappa shape index (κ2) is 6.02. The van der Waals surface area contributed by atoms with Gasteiger partial charge in [0.15, 0.2) is 0 Å². The molecular formula is C10H15N3O3. The van der Waals surface area contributed by atoms with Crippen molar-refractivity contribution < 1.29 is 9.66 Å². The fraction of sp³-hybridized carbons (Fsp3) is 0.500. The molecule has 0 bridgehead atoms. The molecular weight excluding hydrogens is 210 g/mol. The number of nitrogens with one attached hydrogen (secondary N) is 1. The second-order valence-corrected chi connectivity index (χ2v) is 3.54. The maximum absolute atomic E-state index is 10.6. The van der Waals surface area contributed by atoms with Crippen molar-refractivity contribution in [2.24, 2.45) is 0 Å². The zero-order valence-corrected chi connectivity index (χ0v) is 9.34. The predicted octanol–water partition coefficient (Wildman–Crippen LogP) is 1.37. The molecule has 0 spiro atoms. The first-order chi connectivity index (χ1) is 7.61. The minimum Gasteiger partial charge on any atom is -0.471 e. The highest BCUT2D eigenvalue weighted by atomic mass is 16.6. The van der Waals surface area contributed by atoms with Crippen LogP contribution in [-0.2, 0) is 0 Å². The van der Waals surface area contributed by atoms with Crippen LogP contribution in [0.1, 0.15) is 13.8 Å². The monoisotopic (exact) mass is 225 g/mol. The van der Waals surface area contributed by atoms with Crippen LogP contribution in [0, 0.1) is 10.1 Å². The third kappa shape index (κ3) is 3.82. The Morgan fingerprint density at radius 3 is 3.00 bits per heavy atom. The van der Waals surface area contributed by atoms with E-state index in [0.717, 1.165) is 0 Å². The average Bonchev–Trinajstić information content (AvgIpc) is 2.24. The molecule has 0 amide bonds. The van der Waals surface area contributed by atoms with Crippen LogP contribution in [-0.4, -0.2) is 29.1 Å². The lowest BCUT2D eigenvalue weighted by molar-refractivity contribution is -0.386. The van der Waals surface area contributed by atoms with Crippen LogP contribution in [0.2, 0.25) is 0 Å². The van der Waals surface area contributed by atoms with E-state index in [9.17, 15) is 10.1 Å². The molecule has 6 nitrogen and oxygen atoms in total. The van der Waals surface area contributed by atoms with Crippen molar-refractivity contribution in [3.8, 4) is 5.88 Å². The molecule has 0 fully saturated rings. The van der Waals surface area contributed by atoms with Crippen LogP contribution >= 0.6 is 0 Å². The Kier molecular flexibility index (Phi) is 4.65. The summed E-state index contributed by atoms with van der Waals surface area (Å²) < 4.78 is 5.23. The van der Waals surface area contributed by atoms with Gasteiger partial charge in [0.25, 0.3) is 5.88 Å². The maximum atomic E-state index is 10.6. The van der Waals surface area contributed by atoms with E-state index >= 15 is 0 Å². The van der Waals surface area contributed by atoms with Gasteiger partial charge >= 0.3 is 5.69 Å². The van der Waals surface area contributed by atoms with E-state index in [0.29, 0.717) is 19.2 Å². The quantitative estimate of drug-likeness (QED) is 0.449. The van der Waals surface area contributed by atoms with Gasteiger partial charge in [0.05, 0.1) is 4.92 Å². The topological polar surface area (TPSA) is 77.3 Å². The van der Waals surface area contributed by atoms with Crippen LogP contribution in [0.4, 0.5) is 5.69 Å². The zero-order valence-electron chi connectivity index (χ0n) is 9.34. The lowest BCUT2D eigenvalue weighted by atomic mass is 10.4. The standard InChI is InChI=1S/C10H15N3O3/c1-8(2)11-6-7-16-10-9(13(14)15)4-3-5-12-10/h3-5,8,11H,6-7H2,1-2H3. The summed E-state index contributed by atoms with van der Waals surface area (Å²) in [6.07, 6.45) is 1.47. The van der Waals surface area contributed by atoms with Gasteiger partial charge in [0.2, 0.25) is 0 Å². The van der Waals surface area contributed by atoms with Crippen LogP contribution in [0.5, 0.6) is 5.88 Å². The summed E-state index contributed by atoms with van der Waals surface area (Å²) in [7, 11) is 0. The van der Waals surface area contributed by atoms with Crippen molar-refractivity contribution in [2.45, 2.75) is 19.9 Å². The first-order valence-corrected chi connectivity index (χ1v) is 5.07. The number of ether oxygens (including phenoxy) is 1. The van der Waals surface area contributed by atoms with Crippen molar-refractivity contribution in [2.75, 3.05) is 13.2 Å². The van der Waals surface area contributed by atoms with Crippen molar-refractivity contribution in [3.05, 3.63) is 28.4 Å². The molecule has 0 aliphatic heterocycles. The Morgan fingerprint density at radius 1 is 1.62 bits per heavy atom. The van der Waals surface area contributed by atoms with Crippen LogP contribution < -0.4 is 10.1 Å². The summed E-state index contributed by atoms with van der Waals surface area (Å²) >= 11 is 0. The molecule has 0 saturated carbocycles. The van der Waals surface area contributed by atoms with E-state index in [1.165, 1.54) is 18.3 Å². The zero-order chi connectivity index (χ0) is 12.0. The molecule has 0 saturated heterocycles. The number of nitro groups is 1. The van der Waals surface area contributed by atoms with E-state index in [1.54, 1.807) is 0 Å². The van der Waals surface area contributed by atoms with E-state index in [4.69, 9.17) is 4.74 Å². The summed E-state index contributed by atoms with van der Waals surface area (Å²) in [6.45, 7) is 5.02. The lowest BCUT2D eigenvalue weighted by Crippen LogP contribution is -2.27. The van der Waals surface area contributed by atoms with E-state index in [-0.39, 0.29) is 11.6 Å². The third-order valence-electron chi connectivity index (χ3n) is 1.84. The van der Waals surface area contributed by atoms with Gasteiger partial charge in [0, 0.05) is 24.8 Å². The molecule has 6 heteroatoms. The highest BCUT2D eigenvalue weighted by Crippen LogP contribution is 2.22. The van der Waals surface area contributed by atoms with Gasteiger partial charge < -0.3 is 10.1 Å². The van der Waals surface area contributed by atoms with Crippen molar-refractivity contribution in [3.63, 3.8) is 0 Å². The van der Waals surface area contributed by atoms with Gasteiger partial charge in [-0.15, -0.1) is 0 Å². The number of rotatable bonds is 6. The van der Waals surface area contributed by atoms with E-state index < -0.39 is 4.92 Å². The Morgan fingerprint density at radius 2 is 2.38 bits per heavy atom. The molecule has 1 heterocycles. The number of pyridine rings is 1. The summed E-state index contributed by atoms with van der Waals surface area (Å²) in [5, 5.41) is 13.8. The summed E-state index contributed by atoms with van der Waals surface area (Å²) in [5.41, 5.74) is -0.105. The highest BCUT2D eigenvalue weighted by molar-refractivity contribution is 5.39. The summed E-state index contributed by atoms with van der Waals surface area (Å²) in [5.74, 6) is 0.0676. The fourth-order valence-corrected chi connectivity index (χ4v) is 1.13. The minimum absolute atomic E-state index is 0.0676. The molecule has 88 valence electrons. The smallest absolute Gasteiger partial charge is 0.330 e. The van der Waals surface area contributed by atoms with Crippen molar-refractivity contribution in [1.29, 1.82) is 0 Å². The minimum atomic E-state index is -0.502. The van der Waals surface area contributed by atoms with Gasteiger partial charge in [-0.05, 0) is 6.07 Å². The van der Waals surface area contributed by atoms with Gasteiger partial charge in [-0.25, -0.2) is 4.98 Å². The molecule has 0 unspecified atom stereocenters. The maximum Gasteiger partial charge on any atom is 0.330 e. The number of hydrogen-bond donors (Lipinski definition) is 1. The molecule has 1 aromatic heterocycles. The van der Waals surface area contributed by atoms with Gasteiger partial charge in [-0.3, -0.25) is 10.1 Å². The predicted molar refractivity (Wildman–Crippen MR) is 59.5 cm³/mol. The van der Waals surface area contributed by atoms with E-state index in [2.05, 4.69) is 10.3 Å². The van der Waals surface area contributed by atoms with Crippen molar-refractivity contribution in [1.82, 2.24) is 10.3 Å². The number of nitrogens with zero attached hydrogens (tertiary/aromatic N) is 2. The molecule has 1 rings (SSSR count). The van der Waals surface area contributed by atoms with Gasteiger partial charge in [-0.2, -0.15) is 0 Å². The SMILES string of the molecule is CC(C)NCCOc1ncccc1[N+](=O)[O-]. The van der Waals surface area contributed by atoms with Crippen LogP contribution in [0.3, 0.4) is 0 Å². The third-order valence-corrected chi connectivity index (χ3v) is 1.84.